The maximum absolute atomic E-state index is 12.5. The van der Waals surface area contributed by atoms with Crippen molar-refractivity contribution in [1.29, 1.82) is 0 Å². The minimum absolute atomic E-state index is 0.121. The van der Waals surface area contributed by atoms with Crippen molar-refractivity contribution >= 4 is 27.5 Å². The molecule has 0 bridgehead atoms. The smallest absolute Gasteiger partial charge is 0.248 e. The molecule has 0 aliphatic rings. The summed E-state index contributed by atoms with van der Waals surface area (Å²) in [4.78, 5) is 16.2. The Labute approximate surface area is 150 Å². The first-order valence-electron chi connectivity index (χ1n) is 7.68. The van der Waals surface area contributed by atoms with E-state index < -0.39 is 9.84 Å². The molecule has 0 atom stereocenters. The van der Waals surface area contributed by atoms with Crippen LogP contribution in [0.2, 0.25) is 0 Å². The highest BCUT2D eigenvalue weighted by Gasteiger charge is 2.19. The van der Waals surface area contributed by atoms with Gasteiger partial charge in [0.2, 0.25) is 15.7 Å². The first-order chi connectivity index (χ1) is 12.4. The molecule has 1 aromatic carbocycles. The van der Waals surface area contributed by atoms with Crippen LogP contribution in [0.25, 0.3) is 6.08 Å². The van der Waals surface area contributed by atoms with Gasteiger partial charge in [-0.25, -0.2) is 8.42 Å². The molecule has 1 amide bonds. The number of aromatic nitrogens is 3. The third kappa shape index (κ3) is 4.04. The summed E-state index contributed by atoms with van der Waals surface area (Å²) in [6.45, 7) is 0. The van der Waals surface area contributed by atoms with Crippen LogP contribution in [0.1, 0.15) is 5.56 Å². The minimum Gasteiger partial charge on any atom is -0.323 e. The molecule has 3 rings (SSSR count). The predicted octanol–water partition coefficient (Wildman–Crippen LogP) is 2.30. The Balaban J connectivity index is 1.70. The average molecular weight is 368 g/mol. The van der Waals surface area contributed by atoms with Gasteiger partial charge in [-0.15, -0.1) is 0 Å². The second-order valence-electron chi connectivity index (χ2n) is 5.49. The van der Waals surface area contributed by atoms with E-state index in [4.69, 9.17) is 0 Å². The summed E-state index contributed by atoms with van der Waals surface area (Å²) in [6, 6.07) is 9.58. The minimum atomic E-state index is -3.63. The highest BCUT2D eigenvalue weighted by molar-refractivity contribution is 7.91. The first kappa shape index (κ1) is 17.6. The van der Waals surface area contributed by atoms with Crippen LogP contribution >= 0.6 is 0 Å². The summed E-state index contributed by atoms with van der Waals surface area (Å²) < 4.78 is 26.4. The van der Waals surface area contributed by atoms with Gasteiger partial charge in [0.05, 0.1) is 11.1 Å². The molecule has 0 saturated carbocycles. The lowest BCUT2D eigenvalue weighted by atomic mass is 10.2. The van der Waals surface area contributed by atoms with Crippen LogP contribution in [-0.2, 0) is 21.7 Å². The molecule has 0 unspecified atom stereocenters. The molecule has 3 aromatic rings. The number of pyridine rings is 1. The second-order valence-corrected chi connectivity index (χ2v) is 7.44. The molecule has 8 heteroatoms. The van der Waals surface area contributed by atoms with Crippen molar-refractivity contribution in [2.45, 2.75) is 9.79 Å². The van der Waals surface area contributed by atoms with Crippen molar-refractivity contribution in [2.75, 3.05) is 5.32 Å². The van der Waals surface area contributed by atoms with Gasteiger partial charge in [0.1, 0.15) is 4.90 Å². The van der Waals surface area contributed by atoms with Crippen molar-refractivity contribution in [2.24, 2.45) is 7.05 Å². The number of anilines is 1. The number of benzene rings is 1. The molecule has 0 aliphatic carbocycles. The highest BCUT2D eigenvalue weighted by atomic mass is 32.2. The SMILES string of the molecule is Cn1cc(S(=O)(=O)c2ccc(NC(=O)C=Cc3cccnc3)cc2)cn1. The van der Waals surface area contributed by atoms with Gasteiger partial charge in [0.25, 0.3) is 0 Å². The number of carbonyl (C=O) groups is 1. The molecular formula is C18H16N4O3S. The number of aryl methyl sites for hydroxylation is 1. The zero-order valence-corrected chi connectivity index (χ0v) is 14.7. The van der Waals surface area contributed by atoms with Crippen LogP contribution in [0.4, 0.5) is 5.69 Å². The van der Waals surface area contributed by atoms with Crippen molar-refractivity contribution < 1.29 is 13.2 Å². The van der Waals surface area contributed by atoms with Crippen molar-refractivity contribution in [3.8, 4) is 0 Å². The van der Waals surface area contributed by atoms with E-state index in [1.165, 1.54) is 35.3 Å². The van der Waals surface area contributed by atoms with Gasteiger partial charge in [0.15, 0.2) is 0 Å². The molecule has 132 valence electrons. The topological polar surface area (TPSA) is 94.0 Å². The molecule has 0 spiro atoms. The summed E-state index contributed by atoms with van der Waals surface area (Å²) in [7, 11) is -1.98. The first-order valence-corrected chi connectivity index (χ1v) is 9.16. The average Bonchev–Trinajstić information content (AvgIpc) is 3.09. The number of nitrogens with one attached hydrogen (secondary N) is 1. The van der Waals surface area contributed by atoms with E-state index in [2.05, 4.69) is 15.4 Å². The molecule has 0 radical (unpaired) electrons. The number of rotatable bonds is 5. The summed E-state index contributed by atoms with van der Waals surface area (Å²) >= 11 is 0. The molecule has 0 fully saturated rings. The molecule has 2 heterocycles. The van der Waals surface area contributed by atoms with E-state index in [0.717, 1.165) is 5.56 Å². The van der Waals surface area contributed by atoms with E-state index >= 15 is 0 Å². The lowest BCUT2D eigenvalue weighted by Gasteiger charge is -2.05. The maximum Gasteiger partial charge on any atom is 0.248 e. The Morgan fingerprint density at radius 2 is 1.88 bits per heavy atom. The van der Waals surface area contributed by atoms with Crippen LogP contribution in [0, 0.1) is 0 Å². The van der Waals surface area contributed by atoms with Crippen LogP contribution in [0.5, 0.6) is 0 Å². The second kappa shape index (κ2) is 7.32. The summed E-state index contributed by atoms with van der Waals surface area (Å²) in [5.74, 6) is -0.322. The van der Waals surface area contributed by atoms with Crippen LogP contribution < -0.4 is 5.32 Å². The van der Waals surface area contributed by atoms with Gasteiger partial charge in [-0.1, -0.05) is 6.07 Å². The van der Waals surface area contributed by atoms with Crippen molar-refractivity contribution in [1.82, 2.24) is 14.8 Å². The molecule has 1 N–H and O–H groups in total. The summed E-state index contributed by atoms with van der Waals surface area (Å²) in [5.41, 5.74) is 1.30. The summed E-state index contributed by atoms with van der Waals surface area (Å²) in [6.07, 6.45) is 9.06. The van der Waals surface area contributed by atoms with Gasteiger partial charge in [-0.2, -0.15) is 5.10 Å². The number of carbonyl (C=O) groups excluding carboxylic acids is 1. The standard InChI is InChI=1S/C18H16N4O3S/c1-22-13-17(12-20-22)26(24,25)16-7-5-15(6-8-16)21-18(23)9-4-14-3-2-10-19-11-14/h2-13H,1H3,(H,21,23). The molecule has 7 nitrogen and oxygen atoms in total. The number of nitrogens with zero attached hydrogens (tertiary/aromatic N) is 3. The summed E-state index contributed by atoms with van der Waals surface area (Å²) in [5, 5.41) is 6.56. The number of hydrogen-bond acceptors (Lipinski definition) is 5. The number of amides is 1. The van der Waals surface area contributed by atoms with E-state index in [-0.39, 0.29) is 15.7 Å². The zero-order valence-electron chi connectivity index (χ0n) is 13.9. The largest absolute Gasteiger partial charge is 0.323 e. The molecule has 0 saturated heterocycles. The Morgan fingerprint density at radius 3 is 2.50 bits per heavy atom. The lowest BCUT2D eigenvalue weighted by Crippen LogP contribution is -2.08. The molecule has 0 aliphatic heterocycles. The fourth-order valence-electron chi connectivity index (χ4n) is 2.22. The Kier molecular flexibility index (Phi) is 4.94. The number of sulfone groups is 1. The third-order valence-corrected chi connectivity index (χ3v) is 5.26. The Bertz CT molecular complexity index is 1040. The normalized spacial score (nSPS) is 11.6. The lowest BCUT2D eigenvalue weighted by molar-refractivity contribution is -0.111. The van der Waals surface area contributed by atoms with Gasteiger partial charge < -0.3 is 5.32 Å². The molecule has 2 aromatic heterocycles. The molecular weight excluding hydrogens is 352 g/mol. The Hall–Kier alpha value is -3.26. The zero-order chi connectivity index (χ0) is 18.6. The monoisotopic (exact) mass is 368 g/mol. The van der Waals surface area contributed by atoms with Gasteiger partial charge in [0, 0.05) is 37.4 Å². The Morgan fingerprint density at radius 1 is 1.12 bits per heavy atom. The van der Waals surface area contributed by atoms with Crippen LogP contribution in [0.3, 0.4) is 0 Å². The van der Waals surface area contributed by atoms with Crippen molar-refractivity contribution in [3.05, 3.63) is 72.8 Å². The third-order valence-electron chi connectivity index (χ3n) is 3.54. The van der Waals surface area contributed by atoms with E-state index in [1.54, 1.807) is 43.7 Å². The van der Waals surface area contributed by atoms with E-state index in [1.807, 2.05) is 6.07 Å². The van der Waals surface area contributed by atoms with E-state index in [9.17, 15) is 13.2 Å². The van der Waals surface area contributed by atoms with Gasteiger partial charge in [-0.05, 0) is 42.0 Å². The number of hydrogen-bond donors (Lipinski definition) is 1. The maximum atomic E-state index is 12.5. The van der Waals surface area contributed by atoms with Crippen LogP contribution in [0.15, 0.2) is 77.1 Å². The van der Waals surface area contributed by atoms with Gasteiger partial charge in [-0.3, -0.25) is 14.5 Å². The van der Waals surface area contributed by atoms with E-state index in [0.29, 0.717) is 5.69 Å². The van der Waals surface area contributed by atoms with Crippen molar-refractivity contribution in [3.63, 3.8) is 0 Å². The highest BCUT2D eigenvalue weighted by Crippen LogP contribution is 2.21. The van der Waals surface area contributed by atoms with Crippen LogP contribution in [-0.4, -0.2) is 29.1 Å². The fourth-order valence-corrected chi connectivity index (χ4v) is 3.47. The fraction of sp³-hybridized carbons (Fsp3) is 0.0556. The quantitative estimate of drug-likeness (QED) is 0.698. The predicted molar refractivity (Wildman–Crippen MR) is 97.0 cm³/mol. The van der Waals surface area contributed by atoms with Gasteiger partial charge >= 0.3 is 0 Å². The molecule has 26 heavy (non-hydrogen) atoms.